The molecule has 2 amide bonds. The van der Waals surface area contributed by atoms with Crippen LogP contribution in [0, 0.1) is 0 Å². The van der Waals surface area contributed by atoms with Gasteiger partial charge in [0.05, 0.1) is 26.4 Å². The summed E-state index contributed by atoms with van der Waals surface area (Å²) in [5, 5.41) is 129. The summed E-state index contributed by atoms with van der Waals surface area (Å²) in [5.74, 6) is -1.42. The van der Waals surface area contributed by atoms with Gasteiger partial charge in [-0.05, 0) is 0 Å². The Morgan fingerprint density at radius 3 is 1.41 bits per heavy atom. The summed E-state index contributed by atoms with van der Waals surface area (Å²) in [6.45, 7) is -1.25. The van der Waals surface area contributed by atoms with Crippen molar-refractivity contribution in [1.82, 2.24) is 10.6 Å². The van der Waals surface area contributed by atoms with Crippen LogP contribution < -0.4 is 10.6 Å². The fourth-order valence-corrected chi connectivity index (χ4v) is 6.35. The Hall–Kier alpha value is -1.82. The second-order valence-corrected chi connectivity index (χ2v) is 12.6. The van der Waals surface area contributed by atoms with Gasteiger partial charge in [0.1, 0.15) is 97.5 Å². The molecule has 51 heavy (non-hydrogen) atoms. The molecular formula is C28H48N2O21. The van der Waals surface area contributed by atoms with Crippen molar-refractivity contribution in [2.75, 3.05) is 26.4 Å². The van der Waals surface area contributed by atoms with Gasteiger partial charge >= 0.3 is 0 Å². The number of rotatable bonds is 12. The summed E-state index contributed by atoms with van der Waals surface area (Å²) in [7, 11) is 0. The first kappa shape index (κ1) is 41.9. The van der Waals surface area contributed by atoms with Gasteiger partial charge in [-0.25, -0.2) is 0 Å². The number of hydrogen-bond acceptors (Lipinski definition) is 21. The Morgan fingerprint density at radius 2 is 0.882 bits per heavy atom. The lowest BCUT2D eigenvalue weighted by atomic mass is 9.94. The number of hydrogen-bond donors (Lipinski definition) is 14. The van der Waals surface area contributed by atoms with E-state index in [4.69, 9.17) is 33.2 Å². The Morgan fingerprint density at radius 1 is 0.471 bits per heavy atom. The van der Waals surface area contributed by atoms with E-state index in [0.29, 0.717) is 0 Å². The van der Waals surface area contributed by atoms with Crippen LogP contribution in [-0.4, -0.2) is 222 Å². The molecule has 296 valence electrons. The number of aliphatic hydroxyl groups excluding tert-OH is 12. The smallest absolute Gasteiger partial charge is 0.217 e. The van der Waals surface area contributed by atoms with Gasteiger partial charge < -0.3 is 105 Å². The highest BCUT2D eigenvalue weighted by Crippen LogP contribution is 2.34. The van der Waals surface area contributed by atoms with Crippen molar-refractivity contribution in [3.05, 3.63) is 0 Å². The van der Waals surface area contributed by atoms with Crippen LogP contribution in [0.4, 0.5) is 0 Å². The van der Waals surface area contributed by atoms with Crippen LogP contribution in [0.2, 0.25) is 0 Å². The van der Waals surface area contributed by atoms with E-state index in [0.717, 1.165) is 13.8 Å². The van der Waals surface area contributed by atoms with Gasteiger partial charge in [0.2, 0.25) is 11.8 Å². The maximum atomic E-state index is 12.2. The first-order valence-electron chi connectivity index (χ1n) is 16.1. The largest absolute Gasteiger partial charge is 0.394 e. The van der Waals surface area contributed by atoms with E-state index in [-0.39, 0.29) is 0 Å². The summed E-state index contributed by atoms with van der Waals surface area (Å²) in [5.41, 5.74) is 0. The topological polar surface area (TPSA) is 366 Å². The van der Waals surface area contributed by atoms with Crippen molar-refractivity contribution in [3.63, 3.8) is 0 Å². The summed E-state index contributed by atoms with van der Waals surface area (Å²) in [4.78, 5) is 24.0. The van der Waals surface area contributed by atoms with Gasteiger partial charge in [-0.1, -0.05) is 0 Å². The van der Waals surface area contributed by atoms with Crippen molar-refractivity contribution in [3.8, 4) is 0 Å². The zero-order chi connectivity index (χ0) is 37.9. The molecule has 20 atom stereocenters. The summed E-state index contributed by atoms with van der Waals surface area (Å²) >= 11 is 0. The zero-order valence-electron chi connectivity index (χ0n) is 27.4. The molecule has 4 rings (SSSR count). The van der Waals surface area contributed by atoms with Crippen LogP contribution in [0.5, 0.6) is 0 Å². The molecule has 0 spiro atoms. The molecule has 0 bridgehead atoms. The van der Waals surface area contributed by atoms with Crippen molar-refractivity contribution in [2.24, 2.45) is 0 Å². The molecule has 0 aliphatic carbocycles. The third-order valence-corrected chi connectivity index (χ3v) is 9.01. The van der Waals surface area contributed by atoms with Gasteiger partial charge in [0, 0.05) is 13.8 Å². The molecule has 0 aromatic carbocycles. The van der Waals surface area contributed by atoms with E-state index in [1.165, 1.54) is 0 Å². The van der Waals surface area contributed by atoms with Gasteiger partial charge in [-0.2, -0.15) is 0 Å². The minimum atomic E-state index is -2.04. The van der Waals surface area contributed by atoms with Crippen molar-refractivity contribution in [1.29, 1.82) is 0 Å². The normalized spacial score (nSPS) is 47.8. The standard InChI is InChI=1S/C28H48N2O21/c1-7(35)29-13-17(39)22(50-27-20(42)18(40)15(37)9(3-31)46-27)11(5-33)47-26(13)49-23-12(6-34)48-28(21(43)19(23)41)51-24-14(30-8(2)36)25(44)45-10(4-32)16(24)38/h9-28,31-34,37-44H,3-6H2,1-2H3,(H,29,35)(H,30,36)/t9-,10-,11-,12-,13-,14-,15+,16+,17-,18+,19-,20-,21-,22-,23+,24-,25?,26+,27+,28+/m1/s1. The van der Waals surface area contributed by atoms with Crippen molar-refractivity contribution in [2.45, 2.75) is 137 Å². The Labute approximate surface area is 289 Å². The maximum Gasteiger partial charge on any atom is 0.217 e. The molecule has 4 heterocycles. The van der Waals surface area contributed by atoms with E-state index >= 15 is 0 Å². The molecular weight excluding hydrogens is 700 g/mol. The summed E-state index contributed by atoms with van der Waals surface area (Å²) in [6.07, 6.45) is -31.2. The van der Waals surface area contributed by atoms with Crippen LogP contribution in [0.1, 0.15) is 13.8 Å². The molecule has 4 aliphatic heterocycles. The Balaban J connectivity index is 1.53. The minimum Gasteiger partial charge on any atom is -0.394 e. The summed E-state index contributed by atoms with van der Waals surface area (Å²) in [6, 6.07) is -3.05. The van der Waals surface area contributed by atoms with Gasteiger partial charge in [-0.15, -0.1) is 0 Å². The van der Waals surface area contributed by atoms with Crippen LogP contribution >= 0.6 is 0 Å². The second-order valence-electron chi connectivity index (χ2n) is 12.6. The van der Waals surface area contributed by atoms with Gasteiger partial charge in [-0.3, -0.25) is 9.59 Å². The number of nitrogens with one attached hydrogen (secondary N) is 2. The molecule has 14 N–H and O–H groups in total. The number of aliphatic hydroxyl groups is 12. The molecule has 23 heteroatoms. The highest BCUT2D eigenvalue weighted by Gasteiger charge is 2.55. The monoisotopic (exact) mass is 748 g/mol. The molecule has 0 radical (unpaired) electrons. The first-order chi connectivity index (χ1) is 24.1. The highest BCUT2D eigenvalue weighted by molar-refractivity contribution is 5.73. The number of carbonyl (C=O) groups excluding carboxylic acids is 2. The maximum absolute atomic E-state index is 12.2. The van der Waals surface area contributed by atoms with Crippen molar-refractivity contribution >= 4 is 11.8 Å². The van der Waals surface area contributed by atoms with E-state index in [1.54, 1.807) is 0 Å². The average Bonchev–Trinajstić information content (AvgIpc) is 3.09. The molecule has 0 saturated carbocycles. The Bertz CT molecular complexity index is 1140. The predicted octanol–water partition coefficient (Wildman–Crippen LogP) is -9.46. The fourth-order valence-electron chi connectivity index (χ4n) is 6.35. The fraction of sp³-hybridized carbons (Fsp3) is 0.929. The molecule has 4 fully saturated rings. The van der Waals surface area contributed by atoms with Crippen LogP contribution in [-0.2, 0) is 42.7 Å². The van der Waals surface area contributed by atoms with Crippen LogP contribution in [0.15, 0.2) is 0 Å². The number of amides is 2. The van der Waals surface area contributed by atoms with Crippen LogP contribution in [0.3, 0.4) is 0 Å². The summed E-state index contributed by atoms with van der Waals surface area (Å²) < 4.78 is 39.0. The lowest BCUT2D eigenvalue weighted by Gasteiger charge is -2.50. The molecule has 23 nitrogen and oxygen atoms in total. The molecule has 4 aliphatic rings. The molecule has 4 saturated heterocycles. The van der Waals surface area contributed by atoms with E-state index in [1.807, 2.05) is 0 Å². The van der Waals surface area contributed by atoms with Crippen LogP contribution in [0.25, 0.3) is 0 Å². The lowest BCUT2D eigenvalue weighted by molar-refractivity contribution is -0.375. The predicted molar refractivity (Wildman–Crippen MR) is 157 cm³/mol. The average molecular weight is 749 g/mol. The van der Waals surface area contributed by atoms with E-state index in [9.17, 15) is 70.9 Å². The molecule has 0 aromatic rings. The Kier molecular flexibility index (Phi) is 14.8. The third kappa shape index (κ3) is 9.11. The number of carbonyl (C=O) groups is 2. The first-order valence-corrected chi connectivity index (χ1v) is 16.1. The number of ether oxygens (including phenoxy) is 7. The molecule has 0 aromatic heterocycles. The minimum absolute atomic E-state index is 0.678. The van der Waals surface area contributed by atoms with Crippen molar-refractivity contribution < 1.29 is 104 Å². The quantitative estimate of drug-likeness (QED) is 0.0881. The van der Waals surface area contributed by atoms with E-state index < -0.39 is 161 Å². The zero-order valence-corrected chi connectivity index (χ0v) is 27.4. The highest BCUT2D eigenvalue weighted by atomic mass is 16.8. The molecule has 1 unspecified atom stereocenters. The van der Waals surface area contributed by atoms with Gasteiger partial charge in [0.25, 0.3) is 0 Å². The van der Waals surface area contributed by atoms with Gasteiger partial charge in [0.15, 0.2) is 25.2 Å². The third-order valence-electron chi connectivity index (χ3n) is 9.01. The second kappa shape index (κ2) is 18.0. The van der Waals surface area contributed by atoms with E-state index in [2.05, 4.69) is 10.6 Å². The lowest BCUT2D eigenvalue weighted by Crippen LogP contribution is -2.70. The SMILES string of the molecule is CC(=O)N[C@H]1[C@H](O[C@@H]2[C@H](O)[C@@H](O)[C@H](O[C@H]3[C@@H](O)[C@@H](CO)OC(O)[C@@H]3NC(C)=O)O[C@@H]2CO)O[C@H](CO)[C@@H](O[C@@H]2O[C@H](CO)[C@H](O)[C@H](O)[C@H]2O)[C@@H]1O.